The Labute approximate surface area is 196 Å². The molecule has 0 spiro atoms. The van der Waals surface area contributed by atoms with Crippen LogP contribution in [0, 0.1) is 13.8 Å². The molecule has 0 fully saturated rings. The maximum atomic E-state index is 14.4. The largest absolute Gasteiger partial charge is 0.677 e. The standard InChI is InChI=1S/C26H23BF2N4O/c1-15-13-17(3)30-23(15)22(25-16(2)14-18(4)33(25)27(28)29)26-24(19-9-5-6-10-20(19)34)31-21-11-7-8-12-32(21)26/h5-14,34H,1-4H3/b23-22-. The van der Waals surface area contributed by atoms with Gasteiger partial charge in [0.15, 0.2) is 0 Å². The summed E-state index contributed by atoms with van der Waals surface area (Å²) in [6, 6.07) is 14.3. The minimum atomic E-state index is -2.73. The van der Waals surface area contributed by atoms with E-state index in [-0.39, 0.29) is 5.75 Å². The van der Waals surface area contributed by atoms with Crippen LogP contribution in [0.2, 0.25) is 0 Å². The molecule has 4 heterocycles. The van der Waals surface area contributed by atoms with Gasteiger partial charge < -0.3 is 9.58 Å². The fourth-order valence-corrected chi connectivity index (χ4v) is 4.75. The topological polar surface area (TPSA) is 54.8 Å². The zero-order valence-electron chi connectivity index (χ0n) is 19.3. The number of phenolic OH excluding ortho intramolecular Hbond substituents is 1. The number of hydrogen-bond acceptors (Lipinski definition) is 3. The van der Waals surface area contributed by atoms with Crippen LogP contribution in [0.4, 0.5) is 8.63 Å². The van der Waals surface area contributed by atoms with Crippen molar-refractivity contribution in [3.05, 3.63) is 94.7 Å². The van der Waals surface area contributed by atoms with Crippen LogP contribution in [-0.2, 0) is 0 Å². The molecule has 1 N–H and O–H groups in total. The molecule has 0 radical (unpaired) electrons. The molecular weight excluding hydrogens is 433 g/mol. The summed E-state index contributed by atoms with van der Waals surface area (Å²) in [5, 5.41) is 10.7. The maximum Gasteiger partial charge on any atom is 0.677 e. The molecule has 3 aromatic heterocycles. The molecule has 170 valence electrons. The highest BCUT2D eigenvalue weighted by atomic mass is 19.2. The second-order valence-corrected chi connectivity index (χ2v) is 8.52. The number of aliphatic imine (C=N–C) groups is 1. The molecule has 5 rings (SSSR count). The number of rotatable bonds is 4. The normalized spacial score (nSPS) is 15.0. The van der Waals surface area contributed by atoms with Crippen LogP contribution < -0.4 is 0 Å². The van der Waals surface area contributed by atoms with Gasteiger partial charge in [0.1, 0.15) is 17.1 Å². The molecule has 0 bridgehead atoms. The Hall–Kier alpha value is -3.94. The fourth-order valence-electron chi connectivity index (χ4n) is 4.75. The van der Waals surface area contributed by atoms with Gasteiger partial charge in [0, 0.05) is 34.4 Å². The summed E-state index contributed by atoms with van der Waals surface area (Å²) < 4.78 is 31.7. The molecule has 0 atom stereocenters. The van der Waals surface area contributed by atoms with Gasteiger partial charge in [-0.05, 0) is 75.2 Å². The highest BCUT2D eigenvalue weighted by Gasteiger charge is 2.32. The number of phenols is 1. The SMILES string of the molecule is CC1=CC(C)=N/C1=C(/c1c(C)cc(C)n1B(F)F)c1c(-c2ccccc2O)nc2ccccn12. The summed E-state index contributed by atoms with van der Waals surface area (Å²) in [4.78, 5) is 9.58. The number of halogens is 2. The maximum absolute atomic E-state index is 14.4. The minimum Gasteiger partial charge on any atom is -0.507 e. The number of aromatic nitrogens is 3. The van der Waals surface area contributed by atoms with E-state index in [0.29, 0.717) is 50.8 Å². The lowest BCUT2D eigenvalue weighted by Crippen LogP contribution is -2.19. The summed E-state index contributed by atoms with van der Waals surface area (Å²) in [5.74, 6) is 0.0621. The van der Waals surface area contributed by atoms with E-state index in [2.05, 4.69) is 0 Å². The molecular formula is C26H23BF2N4O. The number of hydrogen-bond donors (Lipinski definition) is 1. The molecule has 0 saturated heterocycles. The van der Waals surface area contributed by atoms with Crippen LogP contribution in [-0.4, -0.2) is 32.1 Å². The van der Waals surface area contributed by atoms with Crippen molar-refractivity contribution in [2.24, 2.45) is 4.99 Å². The van der Waals surface area contributed by atoms with Crippen LogP contribution in [0.5, 0.6) is 5.75 Å². The van der Waals surface area contributed by atoms with Crippen molar-refractivity contribution in [1.29, 1.82) is 0 Å². The monoisotopic (exact) mass is 456 g/mol. The molecule has 1 aromatic carbocycles. The first kappa shape index (κ1) is 21.9. The number of nitrogens with zero attached hydrogens (tertiary/aromatic N) is 4. The van der Waals surface area contributed by atoms with E-state index in [4.69, 9.17) is 9.98 Å². The molecule has 8 heteroatoms. The predicted molar refractivity (Wildman–Crippen MR) is 132 cm³/mol. The van der Waals surface area contributed by atoms with Crippen molar-refractivity contribution in [2.45, 2.75) is 27.7 Å². The molecule has 0 saturated carbocycles. The number of aromatic hydroxyl groups is 1. The highest BCUT2D eigenvalue weighted by molar-refractivity contribution is 6.41. The zero-order valence-corrected chi connectivity index (χ0v) is 19.3. The number of para-hydroxylation sites is 1. The van der Waals surface area contributed by atoms with Gasteiger partial charge in [-0.25, -0.2) is 4.98 Å². The molecule has 1 aliphatic heterocycles. The third-order valence-electron chi connectivity index (χ3n) is 6.10. The average molecular weight is 456 g/mol. The van der Waals surface area contributed by atoms with E-state index in [1.807, 2.05) is 61.7 Å². The van der Waals surface area contributed by atoms with Crippen molar-refractivity contribution in [3.8, 4) is 17.0 Å². The van der Waals surface area contributed by atoms with Crippen LogP contribution in [0.1, 0.15) is 36.5 Å². The smallest absolute Gasteiger partial charge is 0.507 e. The third kappa shape index (κ3) is 3.37. The number of pyridine rings is 1. The zero-order chi connectivity index (χ0) is 24.1. The Balaban J connectivity index is 1.99. The Morgan fingerprint density at radius 3 is 2.38 bits per heavy atom. The van der Waals surface area contributed by atoms with Crippen molar-refractivity contribution in [2.75, 3.05) is 0 Å². The number of aryl methyl sites for hydroxylation is 2. The van der Waals surface area contributed by atoms with Crippen LogP contribution in [0.15, 0.2) is 77.1 Å². The molecule has 34 heavy (non-hydrogen) atoms. The Kier molecular flexibility index (Phi) is 5.23. The van der Waals surface area contributed by atoms with Crippen molar-refractivity contribution >= 4 is 24.3 Å². The quantitative estimate of drug-likeness (QED) is 0.379. The summed E-state index contributed by atoms with van der Waals surface area (Å²) in [7, 11) is -2.73. The Morgan fingerprint density at radius 1 is 0.971 bits per heavy atom. The van der Waals surface area contributed by atoms with E-state index in [1.54, 1.807) is 31.2 Å². The van der Waals surface area contributed by atoms with E-state index < -0.39 is 7.40 Å². The highest BCUT2D eigenvalue weighted by Crippen LogP contribution is 2.42. The summed E-state index contributed by atoms with van der Waals surface area (Å²) in [5.41, 5.74) is 6.64. The van der Waals surface area contributed by atoms with Gasteiger partial charge in [0.2, 0.25) is 0 Å². The first-order valence-electron chi connectivity index (χ1n) is 11.0. The van der Waals surface area contributed by atoms with Crippen molar-refractivity contribution in [3.63, 3.8) is 0 Å². The third-order valence-corrected chi connectivity index (χ3v) is 6.10. The number of fused-ring (bicyclic) bond motifs is 1. The fraction of sp³-hybridized carbons (Fsp3) is 0.154. The lowest BCUT2D eigenvalue weighted by Gasteiger charge is -2.18. The van der Waals surface area contributed by atoms with Gasteiger partial charge in [-0.15, -0.1) is 0 Å². The molecule has 0 aliphatic carbocycles. The van der Waals surface area contributed by atoms with Gasteiger partial charge in [-0.2, -0.15) is 0 Å². The van der Waals surface area contributed by atoms with Gasteiger partial charge in [0.25, 0.3) is 0 Å². The summed E-state index contributed by atoms with van der Waals surface area (Å²) in [6.07, 6.45) is 3.79. The number of allylic oxidation sites excluding steroid dienone is 2. The van der Waals surface area contributed by atoms with E-state index in [1.165, 1.54) is 0 Å². The molecule has 0 unspecified atom stereocenters. The molecule has 5 nitrogen and oxygen atoms in total. The second kappa shape index (κ2) is 8.13. The van der Waals surface area contributed by atoms with Gasteiger partial charge in [0.05, 0.1) is 11.4 Å². The molecule has 0 amide bonds. The minimum absolute atomic E-state index is 0.0621. The van der Waals surface area contributed by atoms with Crippen LogP contribution in [0.3, 0.4) is 0 Å². The van der Waals surface area contributed by atoms with Crippen LogP contribution in [0.25, 0.3) is 22.5 Å². The molecule has 1 aliphatic rings. The van der Waals surface area contributed by atoms with Gasteiger partial charge in [-0.1, -0.05) is 18.2 Å². The lowest BCUT2D eigenvalue weighted by molar-refractivity contribution is 0.477. The number of benzene rings is 1. The van der Waals surface area contributed by atoms with E-state index >= 15 is 0 Å². The van der Waals surface area contributed by atoms with Gasteiger partial charge in [-0.3, -0.25) is 18.0 Å². The first-order chi connectivity index (χ1) is 16.3. The van der Waals surface area contributed by atoms with Crippen molar-refractivity contribution in [1.82, 2.24) is 13.9 Å². The average Bonchev–Trinajstić information content (AvgIpc) is 3.42. The summed E-state index contributed by atoms with van der Waals surface area (Å²) in [6.45, 7) is 7.32. The van der Waals surface area contributed by atoms with E-state index in [9.17, 15) is 13.7 Å². The van der Waals surface area contributed by atoms with Crippen LogP contribution >= 0.6 is 0 Å². The van der Waals surface area contributed by atoms with E-state index in [0.717, 1.165) is 15.8 Å². The lowest BCUT2D eigenvalue weighted by atomic mass is 9.95. The second-order valence-electron chi connectivity index (χ2n) is 8.52. The van der Waals surface area contributed by atoms with Crippen molar-refractivity contribution < 1.29 is 13.7 Å². The Bertz CT molecular complexity index is 1540. The van der Waals surface area contributed by atoms with Gasteiger partial charge >= 0.3 is 7.40 Å². The Morgan fingerprint density at radius 2 is 1.71 bits per heavy atom. The number of imidazole rings is 1. The molecule has 4 aromatic rings. The first-order valence-corrected chi connectivity index (χ1v) is 11.0. The predicted octanol–water partition coefficient (Wildman–Crippen LogP) is 6.08. The summed E-state index contributed by atoms with van der Waals surface area (Å²) >= 11 is 0.